The molecule has 0 nitrogen and oxygen atoms in total. The molecule has 0 unspecified atom stereocenters. The van der Waals surface area contributed by atoms with Gasteiger partial charge in [-0.1, -0.05) is 39.8 Å². The smallest absolute Gasteiger partial charge is 0.0208 e. The highest BCUT2D eigenvalue weighted by Gasteiger charge is 2.26. The van der Waals surface area contributed by atoms with Crippen molar-refractivity contribution in [2.45, 2.75) is 34.1 Å². The van der Waals surface area contributed by atoms with Crippen LogP contribution in [0.15, 0.2) is 12.2 Å². The number of hydrogen-bond acceptors (Lipinski definition) is 0. The molecule has 0 bridgehead atoms. The number of rotatable bonds is 1. The summed E-state index contributed by atoms with van der Waals surface area (Å²) < 4.78 is 0. The van der Waals surface area contributed by atoms with Crippen LogP contribution in [0.1, 0.15) is 34.1 Å². The normalized spacial score (nSPS) is 44.4. The molecule has 1 aliphatic carbocycles. The molecule has 0 heterocycles. The molecule has 4 atom stereocenters. The van der Waals surface area contributed by atoms with Gasteiger partial charge in [-0.05, 0) is 30.1 Å². The molecule has 0 aromatic rings. The first-order valence-electron chi connectivity index (χ1n) is 4.85. The van der Waals surface area contributed by atoms with E-state index in [0.717, 1.165) is 23.7 Å². The van der Waals surface area contributed by atoms with Crippen molar-refractivity contribution >= 4 is 0 Å². The second-order valence-corrected chi connectivity index (χ2v) is 4.03. The highest BCUT2D eigenvalue weighted by atomic mass is 14.3. The maximum atomic E-state index is 2.41. The van der Waals surface area contributed by atoms with Gasteiger partial charge in [0.25, 0.3) is 0 Å². The Morgan fingerprint density at radius 3 is 2.18 bits per heavy atom. The lowest BCUT2D eigenvalue weighted by Crippen LogP contribution is -2.25. The lowest BCUT2D eigenvalue weighted by atomic mass is 9.72. The Morgan fingerprint density at radius 1 is 1.00 bits per heavy atom. The first-order chi connectivity index (χ1) is 5.16. The lowest BCUT2D eigenvalue weighted by Gasteiger charge is -2.33. The Balaban J connectivity index is 2.68. The van der Waals surface area contributed by atoms with Crippen LogP contribution in [-0.2, 0) is 0 Å². The highest BCUT2D eigenvalue weighted by molar-refractivity contribution is 5.01. The van der Waals surface area contributed by atoms with E-state index in [0.29, 0.717) is 0 Å². The van der Waals surface area contributed by atoms with E-state index in [4.69, 9.17) is 0 Å². The summed E-state index contributed by atoms with van der Waals surface area (Å²) in [4.78, 5) is 0. The number of hydrogen-bond donors (Lipinski definition) is 0. The molecule has 0 saturated heterocycles. The van der Waals surface area contributed by atoms with Crippen molar-refractivity contribution in [2.75, 3.05) is 0 Å². The molecular formula is C11H20. The molecule has 0 saturated carbocycles. The molecular weight excluding hydrogens is 132 g/mol. The summed E-state index contributed by atoms with van der Waals surface area (Å²) in [6.45, 7) is 9.37. The summed E-state index contributed by atoms with van der Waals surface area (Å²) in [6.07, 6.45) is 6.10. The molecule has 0 N–H and O–H groups in total. The average molecular weight is 152 g/mol. The van der Waals surface area contributed by atoms with Gasteiger partial charge in [-0.25, -0.2) is 0 Å². The van der Waals surface area contributed by atoms with E-state index in [2.05, 4.69) is 39.8 Å². The quantitative estimate of drug-likeness (QED) is 0.504. The molecule has 0 aliphatic heterocycles. The Labute approximate surface area is 70.7 Å². The molecule has 0 aromatic carbocycles. The van der Waals surface area contributed by atoms with Gasteiger partial charge in [-0.15, -0.1) is 0 Å². The van der Waals surface area contributed by atoms with Crippen molar-refractivity contribution in [3.63, 3.8) is 0 Å². The molecule has 0 amide bonds. The Bertz CT molecular complexity index is 146. The maximum Gasteiger partial charge on any atom is -0.0208 e. The molecule has 64 valence electrons. The third-order valence-electron chi connectivity index (χ3n) is 3.47. The predicted molar refractivity (Wildman–Crippen MR) is 50.4 cm³/mol. The van der Waals surface area contributed by atoms with Gasteiger partial charge in [0.2, 0.25) is 0 Å². The SMILES string of the molecule is CC[C@H]1C=C[C@@H](C)[C@H](C)[C@H]1C. The van der Waals surface area contributed by atoms with Gasteiger partial charge >= 0.3 is 0 Å². The minimum Gasteiger partial charge on any atom is -0.0851 e. The van der Waals surface area contributed by atoms with Crippen molar-refractivity contribution < 1.29 is 0 Å². The van der Waals surface area contributed by atoms with E-state index < -0.39 is 0 Å². The minimum atomic E-state index is 0.785. The van der Waals surface area contributed by atoms with Gasteiger partial charge in [-0.3, -0.25) is 0 Å². The average Bonchev–Trinajstić information content (AvgIpc) is 2.01. The second kappa shape index (κ2) is 3.42. The van der Waals surface area contributed by atoms with Crippen molar-refractivity contribution in [2.24, 2.45) is 23.7 Å². The van der Waals surface area contributed by atoms with E-state index >= 15 is 0 Å². The Morgan fingerprint density at radius 2 is 1.64 bits per heavy atom. The van der Waals surface area contributed by atoms with Gasteiger partial charge in [0, 0.05) is 0 Å². The van der Waals surface area contributed by atoms with Crippen LogP contribution < -0.4 is 0 Å². The molecule has 0 heteroatoms. The Kier molecular flexibility index (Phi) is 2.75. The standard InChI is InChI=1S/C11H20/c1-5-11-7-6-8(2)9(3)10(11)4/h6-11H,5H2,1-4H3/t8-,9+,10-,11+/m1/s1. The van der Waals surface area contributed by atoms with Gasteiger partial charge < -0.3 is 0 Å². The summed E-state index contributed by atoms with van der Waals surface area (Å²) in [5.41, 5.74) is 0. The van der Waals surface area contributed by atoms with Gasteiger partial charge in [0.1, 0.15) is 0 Å². The van der Waals surface area contributed by atoms with Gasteiger partial charge in [0.15, 0.2) is 0 Å². The fourth-order valence-corrected chi connectivity index (χ4v) is 2.05. The molecule has 0 fully saturated rings. The van der Waals surface area contributed by atoms with E-state index in [1.165, 1.54) is 6.42 Å². The molecule has 0 spiro atoms. The molecule has 0 aromatic heterocycles. The van der Waals surface area contributed by atoms with E-state index in [1.54, 1.807) is 0 Å². The summed E-state index contributed by atoms with van der Waals surface area (Å²) in [7, 11) is 0. The first-order valence-corrected chi connectivity index (χ1v) is 4.85. The van der Waals surface area contributed by atoms with Gasteiger partial charge in [0.05, 0.1) is 0 Å². The minimum absolute atomic E-state index is 0.785. The zero-order chi connectivity index (χ0) is 8.43. The topological polar surface area (TPSA) is 0 Å². The van der Waals surface area contributed by atoms with Crippen LogP contribution in [0, 0.1) is 23.7 Å². The van der Waals surface area contributed by atoms with Crippen LogP contribution in [0.5, 0.6) is 0 Å². The molecule has 1 aliphatic rings. The summed E-state index contributed by atoms with van der Waals surface area (Å²) >= 11 is 0. The zero-order valence-electron chi connectivity index (χ0n) is 8.17. The highest BCUT2D eigenvalue weighted by Crippen LogP contribution is 2.34. The van der Waals surface area contributed by atoms with Crippen LogP contribution in [0.25, 0.3) is 0 Å². The van der Waals surface area contributed by atoms with Gasteiger partial charge in [-0.2, -0.15) is 0 Å². The van der Waals surface area contributed by atoms with Crippen LogP contribution in [0.4, 0.5) is 0 Å². The van der Waals surface area contributed by atoms with Crippen LogP contribution in [-0.4, -0.2) is 0 Å². The third kappa shape index (κ3) is 1.66. The van der Waals surface area contributed by atoms with Crippen molar-refractivity contribution in [1.29, 1.82) is 0 Å². The largest absolute Gasteiger partial charge is 0.0851 e. The molecule has 11 heavy (non-hydrogen) atoms. The summed E-state index contributed by atoms with van der Waals surface area (Å²) in [6, 6.07) is 0. The van der Waals surface area contributed by atoms with E-state index in [1.807, 2.05) is 0 Å². The fourth-order valence-electron chi connectivity index (χ4n) is 2.05. The monoisotopic (exact) mass is 152 g/mol. The third-order valence-corrected chi connectivity index (χ3v) is 3.47. The van der Waals surface area contributed by atoms with Crippen molar-refractivity contribution in [1.82, 2.24) is 0 Å². The summed E-state index contributed by atoms with van der Waals surface area (Å²) in [5.74, 6) is 3.36. The maximum absolute atomic E-state index is 2.41. The van der Waals surface area contributed by atoms with Crippen LogP contribution in [0.3, 0.4) is 0 Å². The number of allylic oxidation sites excluding steroid dienone is 2. The lowest BCUT2D eigenvalue weighted by molar-refractivity contribution is 0.234. The predicted octanol–water partition coefficient (Wildman–Crippen LogP) is 3.49. The second-order valence-electron chi connectivity index (χ2n) is 4.03. The molecule has 0 radical (unpaired) electrons. The molecule has 1 rings (SSSR count). The van der Waals surface area contributed by atoms with Crippen molar-refractivity contribution in [3.8, 4) is 0 Å². The summed E-state index contributed by atoms with van der Waals surface area (Å²) in [5, 5.41) is 0. The van der Waals surface area contributed by atoms with E-state index in [9.17, 15) is 0 Å². The fraction of sp³-hybridized carbons (Fsp3) is 0.818. The van der Waals surface area contributed by atoms with Crippen molar-refractivity contribution in [3.05, 3.63) is 12.2 Å². The van der Waals surface area contributed by atoms with E-state index in [-0.39, 0.29) is 0 Å². The van der Waals surface area contributed by atoms with Crippen LogP contribution >= 0.6 is 0 Å². The first kappa shape index (κ1) is 8.83. The zero-order valence-corrected chi connectivity index (χ0v) is 8.17. The van der Waals surface area contributed by atoms with Crippen LogP contribution in [0.2, 0.25) is 0 Å². The Hall–Kier alpha value is -0.260.